The molecule has 0 radical (unpaired) electrons. The van der Waals surface area contributed by atoms with Crippen molar-refractivity contribution in [2.45, 2.75) is 38.0 Å². The first kappa shape index (κ1) is 15.0. The summed E-state index contributed by atoms with van der Waals surface area (Å²) in [4.78, 5) is 22.6. The van der Waals surface area contributed by atoms with Crippen LogP contribution in [0.4, 0.5) is 0 Å². The van der Waals surface area contributed by atoms with Crippen LogP contribution < -0.4 is 0 Å². The van der Waals surface area contributed by atoms with Gasteiger partial charge in [-0.25, -0.2) is 0 Å². The molecule has 0 saturated heterocycles. The number of phenolic OH excluding ortho intramolecular Hbond substituents is 1. The van der Waals surface area contributed by atoms with Gasteiger partial charge in [0.2, 0.25) is 0 Å². The van der Waals surface area contributed by atoms with Crippen molar-refractivity contribution >= 4 is 11.9 Å². The number of hydrogen-bond acceptors (Lipinski definition) is 3. The number of carbonyl (C=O) groups is 2. The Morgan fingerprint density at radius 2 is 1.74 bits per heavy atom. The molecule has 1 unspecified atom stereocenters. The lowest BCUT2D eigenvalue weighted by molar-refractivity contribution is -0.150. The molecular weight excluding hydrogens is 248 g/mol. The van der Waals surface area contributed by atoms with Crippen molar-refractivity contribution in [2.24, 2.45) is 0 Å². The average Bonchev–Trinajstić information content (AvgIpc) is 2.34. The van der Waals surface area contributed by atoms with Crippen molar-refractivity contribution in [1.29, 1.82) is 0 Å². The van der Waals surface area contributed by atoms with Crippen LogP contribution >= 0.6 is 0 Å². The monoisotopic (exact) mass is 266 g/mol. The maximum atomic E-state index is 11.6. The summed E-state index contributed by atoms with van der Waals surface area (Å²) in [6, 6.07) is 5.70. The number of carboxylic acid groups (broad SMARTS) is 2. The molecule has 1 aromatic rings. The average molecular weight is 266 g/mol. The number of aromatic hydroxyl groups is 1. The number of phenols is 1. The topological polar surface area (TPSA) is 94.8 Å². The molecule has 0 amide bonds. The maximum absolute atomic E-state index is 11.6. The summed E-state index contributed by atoms with van der Waals surface area (Å²) in [5, 5.41) is 27.8. The van der Waals surface area contributed by atoms with E-state index in [4.69, 9.17) is 5.11 Å². The number of benzene rings is 1. The van der Waals surface area contributed by atoms with Gasteiger partial charge in [0, 0.05) is 0 Å². The molecular formula is C14H18O5. The zero-order chi connectivity index (χ0) is 14.5. The van der Waals surface area contributed by atoms with Crippen LogP contribution in [-0.2, 0) is 15.0 Å². The molecule has 0 saturated carbocycles. The zero-order valence-electron chi connectivity index (χ0n) is 10.8. The van der Waals surface area contributed by atoms with E-state index in [0.717, 1.165) is 6.42 Å². The number of rotatable bonds is 7. The van der Waals surface area contributed by atoms with Crippen molar-refractivity contribution in [3.63, 3.8) is 0 Å². The normalized spacial score (nSPS) is 13.7. The van der Waals surface area contributed by atoms with Crippen LogP contribution in [0.5, 0.6) is 5.75 Å². The van der Waals surface area contributed by atoms with E-state index in [1.54, 1.807) is 0 Å². The van der Waals surface area contributed by atoms with Gasteiger partial charge in [0.25, 0.3) is 0 Å². The van der Waals surface area contributed by atoms with Crippen LogP contribution in [-0.4, -0.2) is 27.3 Å². The van der Waals surface area contributed by atoms with Gasteiger partial charge in [0.15, 0.2) is 0 Å². The third-order valence-corrected chi connectivity index (χ3v) is 3.24. The predicted molar refractivity (Wildman–Crippen MR) is 69.2 cm³/mol. The Morgan fingerprint density at radius 1 is 1.16 bits per heavy atom. The molecule has 1 rings (SSSR count). The minimum Gasteiger partial charge on any atom is -0.508 e. The summed E-state index contributed by atoms with van der Waals surface area (Å²) in [7, 11) is 0. The van der Waals surface area contributed by atoms with Crippen molar-refractivity contribution in [3.8, 4) is 5.75 Å². The Balaban J connectivity index is 3.24. The van der Waals surface area contributed by atoms with Crippen molar-refractivity contribution in [3.05, 3.63) is 29.8 Å². The first-order chi connectivity index (χ1) is 8.92. The largest absolute Gasteiger partial charge is 0.508 e. The molecule has 3 N–H and O–H groups in total. The van der Waals surface area contributed by atoms with Crippen molar-refractivity contribution < 1.29 is 24.9 Å². The van der Waals surface area contributed by atoms with Gasteiger partial charge in [-0.05, 0) is 24.1 Å². The van der Waals surface area contributed by atoms with Gasteiger partial charge in [-0.3, -0.25) is 9.59 Å². The SMILES string of the molecule is CCCCC(CC(=O)O)(C(=O)O)c1ccc(O)cc1. The van der Waals surface area contributed by atoms with Gasteiger partial charge in [-0.15, -0.1) is 0 Å². The second-order valence-electron chi connectivity index (χ2n) is 4.61. The molecule has 0 fully saturated rings. The maximum Gasteiger partial charge on any atom is 0.314 e. The van der Waals surface area contributed by atoms with Gasteiger partial charge in [-0.1, -0.05) is 31.9 Å². The molecule has 1 atom stereocenters. The summed E-state index contributed by atoms with van der Waals surface area (Å²) in [5.41, 5.74) is -1.02. The fourth-order valence-corrected chi connectivity index (χ4v) is 2.16. The first-order valence-electron chi connectivity index (χ1n) is 6.17. The molecule has 0 spiro atoms. The van der Waals surface area contributed by atoms with Gasteiger partial charge in [-0.2, -0.15) is 0 Å². The lowest BCUT2D eigenvalue weighted by Crippen LogP contribution is -2.38. The summed E-state index contributed by atoms with van der Waals surface area (Å²) in [6.07, 6.45) is 1.20. The highest BCUT2D eigenvalue weighted by Crippen LogP contribution is 2.35. The molecule has 0 bridgehead atoms. The van der Waals surface area contributed by atoms with E-state index in [9.17, 15) is 19.8 Å². The second-order valence-corrected chi connectivity index (χ2v) is 4.61. The molecule has 5 nitrogen and oxygen atoms in total. The Bertz CT molecular complexity index is 451. The minimum absolute atomic E-state index is 0.0221. The van der Waals surface area contributed by atoms with Crippen molar-refractivity contribution in [2.75, 3.05) is 0 Å². The predicted octanol–water partition coefficient (Wildman–Crippen LogP) is 2.38. The summed E-state index contributed by atoms with van der Waals surface area (Å²) in [5.74, 6) is -2.27. The smallest absolute Gasteiger partial charge is 0.314 e. The van der Waals surface area contributed by atoms with E-state index in [-0.39, 0.29) is 12.2 Å². The van der Waals surface area contributed by atoms with Crippen LogP contribution in [0.25, 0.3) is 0 Å². The van der Waals surface area contributed by atoms with Crippen LogP contribution in [0.1, 0.15) is 38.2 Å². The van der Waals surface area contributed by atoms with Gasteiger partial charge < -0.3 is 15.3 Å². The molecule has 0 aliphatic rings. The Labute approximate surface area is 111 Å². The molecule has 1 aromatic carbocycles. The first-order valence-corrected chi connectivity index (χ1v) is 6.17. The highest BCUT2D eigenvalue weighted by Gasteiger charge is 2.41. The van der Waals surface area contributed by atoms with E-state index in [0.29, 0.717) is 12.0 Å². The molecule has 0 aromatic heterocycles. The molecule has 5 heteroatoms. The lowest BCUT2D eigenvalue weighted by atomic mass is 9.74. The van der Waals surface area contributed by atoms with Gasteiger partial charge >= 0.3 is 11.9 Å². The van der Waals surface area contributed by atoms with Gasteiger partial charge in [0.1, 0.15) is 11.2 Å². The van der Waals surface area contributed by atoms with E-state index in [2.05, 4.69) is 0 Å². The van der Waals surface area contributed by atoms with E-state index >= 15 is 0 Å². The summed E-state index contributed by atoms with van der Waals surface area (Å²) >= 11 is 0. The van der Waals surface area contributed by atoms with Crippen LogP contribution in [0.15, 0.2) is 24.3 Å². The number of aliphatic carboxylic acids is 2. The number of carboxylic acids is 2. The standard InChI is InChI=1S/C14H18O5/c1-2-3-8-14(13(18)19,9-12(16)17)10-4-6-11(15)7-5-10/h4-7,15H,2-3,8-9H2,1H3,(H,16,17)(H,18,19). The second kappa shape index (κ2) is 6.22. The molecule has 0 aliphatic carbocycles. The van der Waals surface area contributed by atoms with Crippen LogP contribution in [0.3, 0.4) is 0 Å². The third-order valence-electron chi connectivity index (χ3n) is 3.24. The van der Waals surface area contributed by atoms with Gasteiger partial charge in [0.05, 0.1) is 6.42 Å². The highest BCUT2D eigenvalue weighted by atomic mass is 16.4. The number of hydrogen-bond donors (Lipinski definition) is 3. The fraction of sp³-hybridized carbons (Fsp3) is 0.429. The Hall–Kier alpha value is -2.04. The van der Waals surface area contributed by atoms with E-state index in [1.165, 1.54) is 24.3 Å². The third kappa shape index (κ3) is 3.47. The molecule has 104 valence electrons. The highest BCUT2D eigenvalue weighted by molar-refractivity contribution is 5.87. The zero-order valence-corrected chi connectivity index (χ0v) is 10.8. The van der Waals surface area contributed by atoms with E-state index < -0.39 is 23.8 Å². The number of unbranched alkanes of at least 4 members (excludes halogenated alkanes) is 1. The minimum atomic E-state index is -1.43. The van der Waals surface area contributed by atoms with E-state index in [1.807, 2.05) is 6.92 Å². The molecule has 0 heterocycles. The molecule has 19 heavy (non-hydrogen) atoms. The fourth-order valence-electron chi connectivity index (χ4n) is 2.16. The Morgan fingerprint density at radius 3 is 2.16 bits per heavy atom. The molecule has 0 aliphatic heterocycles. The lowest BCUT2D eigenvalue weighted by Gasteiger charge is -2.28. The van der Waals surface area contributed by atoms with Crippen LogP contribution in [0, 0.1) is 0 Å². The van der Waals surface area contributed by atoms with Crippen LogP contribution in [0.2, 0.25) is 0 Å². The quantitative estimate of drug-likeness (QED) is 0.704. The summed E-state index contributed by atoms with van der Waals surface area (Å²) < 4.78 is 0. The van der Waals surface area contributed by atoms with Crippen molar-refractivity contribution in [1.82, 2.24) is 0 Å². The Kier molecular flexibility index (Phi) is 4.92. The summed E-state index contributed by atoms with van der Waals surface area (Å²) in [6.45, 7) is 1.92.